The topological polar surface area (TPSA) is 77.5 Å². The SMILES string of the molecule is O=C(OC[C@@H]1CCCO1)[C@H]1CC=CC[C@H]1C(=O)Nc1nccs1. The van der Waals surface area contributed by atoms with E-state index in [9.17, 15) is 9.59 Å². The Balaban J connectivity index is 1.57. The molecule has 0 radical (unpaired) electrons. The van der Waals surface area contributed by atoms with E-state index in [1.54, 1.807) is 11.6 Å². The molecule has 1 amide bonds. The standard InChI is InChI=1S/C16H20N2O4S/c19-14(18-16-17-7-9-23-16)12-5-1-2-6-13(12)15(20)22-10-11-4-3-8-21-11/h1-2,7,9,11-13H,3-6,8,10H2,(H,17,18,19)/t11-,12+,13-/m0/s1. The van der Waals surface area contributed by atoms with E-state index in [4.69, 9.17) is 9.47 Å². The van der Waals surface area contributed by atoms with Crippen molar-refractivity contribution < 1.29 is 19.1 Å². The van der Waals surface area contributed by atoms with Crippen molar-refractivity contribution in [3.8, 4) is 0 Å². The number of anilines is 1. The van der Waals surface area contributed by atoms with Crippen molar-refractivity contribution in [3.05, 3.63) is 23.7 Å². The Kier molecular flexibility index (Phi) is 5.40. The Morgan fingerprint density at radius 2 is 2.17 bits per heavy atom. The molecule has 0 spiro atoms. The molecule has 0 saturated carbocycles. The number of thiazole rings is 1. The molecule has 0 aromatic carbocycles. The predicted molar refractivity (Wildman–Crippen MR) is 86.0 cm³/mol. The van der Waals surface area contributed by atoms with Gasteiger partial charge in [0.2, 0.25) is 5.91 Å². The molecule has 1 fully saturated rings. The minimum Gasteiger partial charge on any atom is -0.463 e. The van der Waals surface area contributed by atoms with Gasteiger partial charge in [-0.3, -0.25) is 9.59 Å². The molecule has 1 aromatic heterocycles. The third kappa shape index (κ3) is 4.17. The molecule has 124 valence electrons. The predicted octanol–water partition coefficient (Wildman–Crippen LogP) is 2.39. The third-order valence-corrected chi connectivity index (χ3v) is 4.86. The zero-order chi connectivity index (χ0) is 16.1. The summed E-state index contributed by atoms with van der Waals surface area (Å²) in [5.41, 5.74) is 0. The number of carbonyl (C=O) groups excluding carboxylic acids is 2. The smallest absolute Gasteiger partial charge is 0.310 e. The Morgan fingerprint density at radius 1 is 1.35 bits per heavy atom. The van der Waals surface area contributed by atoms with Gasteiger partial charge in [0.15, 0.2) is 5.13 Å². The van der Waals surface area contributed by atoms with Gasteiger partial charge in [-0.15, -0.1) is 11.3 Å². The lowest BCUT2D eigenvalue weighted by Crippen LogP contribution is -2.36. The average Bonchev–Trinajstić information content (AvgIpc) is 3.26. The van der Waals surface area contributed by atoms with Gasteiger partial charge in [-0.25, -0.2) is 4.98 Å². The van der Waals surface area contributed by atoms with Gasteiger partial charge in [0.25, 0.3) is 0 Å². The fourth-order valence-electron chi connectivity index (χ4n) is 2.91. The van der Waals surface area contributed by atoms with Crippen molar-refractivity contribution >= 4 is 28.3 Å². The van der Waals surface area contributed by atoms with Crippen LogP contribution in [0.2, 0.25) is 0 Å². The van der Waals surface area contributed by atoms with Crippen LogP contribution >= 0.6 is 11.3 Å². The molecule has 1 aliphatic heterocycles. The van der Waals surface area contributed by atoms with E-state index >= 15 is 0 Å². The summed E-state index contributed by atoms with van der Waals surface area (Å²) in [5, 5.41) is 5.12. The van der Waals surface area contributed by atoms with Gasteiger partial charge < -0.3 is 14.8 Å². The number of nitrogens with one attached hydrogen (secondary N) is 1. The van der Waals surface area contributed by atoms with Gasteiger partial charge >= 0.3 is 5.97 Å². The number of amides is 1. The minimum atomic E-state index is -0.443. The van der Waals surface area contributed by atoms with Crippen LogP contribution in [0.3, 0.4) is 0 Å². The number of ether oxygens (including phenoxy) is 2. The maximum atomic E-state index is 12.4. The molecule has 0 bridgehead atoms. The second-order valence-electron chi connectivity index (χ2n) is 5.75. The minimum absolute atomic E-state index is 0.000628. The lowest BCUT2D eigenvalue weighted by atomic mass is 9.82. The molecule has 7 heteroatoms. The number of aromatic nitrogens is 1. The molecule has 1 N–H and O–H groups in total. The summed E-state index contributed by atoms with van der Waals surface area (Å²) in [6.07, 6.45) is 8.51. The molecule has 1 aliphatic carbocycles. The van der Waals surface area contributed by atoms with Crippen LogP contribution in [-0.4, -0.2) is 36.2 Å². The van der Waals surface area contributed by atoms with Crippen LogP contribution in [0.15, 0.2) is 23.7 Å². The maximum absolute atomic E-state index is 12.4. The van der Waals surface area contributed by atoms with Crippen molar-refractivity contribution in [3.63, 3.8) is 0 Å². The lowest BCUT2D eigenvalue weighted by molar-refractivity contribution is -0.155. The van der Waals surface area contributed by atoms with Gasteiger partial charge in [0, 0.05) is 18.2 Å². The van der Waals surface area contributed by atoms with Crippen LogP contribution < -0.4 is 5.32 Å². The highest BCUT2D eigenvalue weighted by Crippen LogP contribution is 2.28. The molecule has 3 rings (SSSR count). The van der Waals surface area contributed by atoms with Gasteiger partial charge in [-0.1, -0.05) is 12.2 Å². The molecule has 1 aromatic rings. The van der Waals surface area contributed by atoms with Crippen LogP contribution in [0.4, 0.5) is 5.13 Å². The summed E-state index contributed by atoms with van der Waals surface area (Å²) >= 11 is 1.36. The van der Waals surface area contributed by atoms with Crippen LogP contribution in [0.25, 0.3) is 0 Å². The Labute approximate surface area is 138 Å². The third-order valence-electron chi connectivity index (χ3n) is 4.17. The highest BCUT2D eigenvalue weighted by atomic mass is 32.1. The van der Waals surface area contributed by atoms with Crippen LogP contribution in [-0.2, 0) is 19.1 Å². The first-order chi connectivity index (χ1) is 11.2. The Hall–Kier alpha value is -1.73. The summed E-state index contributed by atoms with van der Waals surface area (Å²) in [7, 11) is 0. The average molecular weight is 336 g/mol. The van der Waals surface area contributed by atoms with Gasteiger partial charge in [-0.05, 0) is 25.7 Å². The normalized spacial score (nSPS) is 26.9. The van der Waals surface area contributed by atoms with E-state index in [0.29, 0.717) is 18.0 Å². The van der Waals surface area contributed by atoms with Crippen LogP contribution in [0.5, 0.6) is 0 Å². The molecular weight excluding hydrogens is 316 g/mol. The maximum Gasteiger partial charge on any atom is 0.310 e. The van der Waals surface area contributed by atoms with E-state index in [1.165, 1.54) is 11.3 Å². The van der Waals surface area contributed by atoms with Gasteiger partial charge in [0.1, 0.15) is 6.61 Å². The van der Waals surface area contributed by atoms with Crippen molar-refractivity contribution in [1.29, 1.82) is 0 Å². The second-order valence-corrected chi connectivity index (χ2v) is 6.64. The number of hydrogen-bond donors (Lipinski definition) is 1. The van der Waals surface area contributed by atoms with E-state index in [1.807, 2.05) is 12.2 Å². The molecular formula is C16H20N2O4S. The van der Waals surface area contributed by atoms with E-state index < -0.39 is 11.8 Å². The molecule has 1 saturated heterocycles. The van der Waals surface area contributed by atoms with E-state index in [0.717, 1.165) is 19.4 Å². The number of carbonyl (C=O) groups is 2. The quantitative estimate of drug-likeness (QED) is 0.660. The van der Waals surface area contributed by atoms with Crippen molar-refractivity contribution in [2.75, 3.05) is 18.5 Å². The fraction of sp³-hybridized carbons (Fsp3) is 0.562. The van der Waals surface area contributed by atoms with Gasteiger partial charge in [0.05, 0.1) is 17.9 Å². The van der Waals surface area contributed by atoms with Crippen molar-refractivity contribution in [1.82, 2.24) is 4.98 Å². The highest BCUT2D eigenvalue weighted by molar-refractivity contribution is 7.13. The van der Waals surface area contributed by atoms with E-state index in [2.05, 4.69) is 10.3 Å². The van der Waals surface area contributed by atoms with Crippen LogP contribution in [0, 0.1) is 11.8 Å². The van der Waals surface area contributed by atoms with Gasteiger partial charge in [-0.2, -0.15) is 0 Å². The van der Waals surface area contributed by atoms with Crippen LogP contribution in [0.1, 0.15) is 25.7 Å². The highest BCUT2D eigenvalue weighted by Gasteiger charge is 2.36. The number of rotatable bonds is 5. The van der Waals surface area contributed by atoms with Crippen molar-refractivity contribution in [2.45, 2.75) is 31.8 Å². The Morgan fingerprint density at radius 3 is 2.87 bits per heavy atom. The summed E-state index contributed by atoms with van der Waals surface area (Å²) in [4.78, 5) is 28.8. The molecule has 23 heavy (non-hydrogen) atoms. The number of hydrogen-bond acceptors (Lipinski definition) is 6. The fourth-order valence-corrected chi connectivity index (χ4v) is 3.44. The number of nitrogens with zero attached hydrogens (tertiary/aromatic N) is 1. The molecule has 3 atom stereocenters. The van der Waals surface area contributed by atoms with E-state index in [-0.39, 0.29) is 24.6 Å². The summed E-state index contributed by atoms with van der Waals surface area (Å²) in [6, 6.07) is 0. The largest absolute Gasteiger partial charge is 0.463 e. The molecule has 2 aliphatic rings. The summed E-state index contributed by atoms with van der Waals surface area (Å²) in [6.45, 7) is 1.01. The first kappa shape index (κ1) is 16.1. The zero-order valence-electron chi connectivity index (χ0n) is 12.8. The molecule has 6 nitrogen and oxygen atoms in total. The number of esters is 1. The summed E-state index contributed by atoms with van der Waals surface area (Å²) < 4.78 is 10.8. The number of allylic oxidation sites excluding steroid dienone is 2. The first-order valence-corrected chi connectivity index (χ1v) is 8.75. The zero-order valence-corrected chi connectivity index (χ0v) is 13.6. The van der Waals surface area contributed by atoms with Crippen molar-refractivity contribution in [2.24, 2.45) is 11.8 Å². The monoisotopic (exact) mass is 336 g/mol. The molecule has 2 heterocycles. The first-order valence-electron chi connectivity index (χ1n) is 7.87. The Bertz CT molecular complexity index is 567. The second kappa shape index (κ2) is 7.70. The summed E-state index contributed by atoms with van der Waals surface area (Å²) in [5.74, 6) is -1.35. The molecule has 0 unspecified atom stereocenters. The lowest BCUT2D eigenvalue weighted by Gasteiger charge is -2.26.